The standard InChI is InChI=1S/C18H25NO3S/c1-12(2)18(17(21)22)8-9-19(11-18)16(20)15-10-13-6-4-3-5-7-14(13)23-15/h10,12H,3-9,11H2,1-2H3,(H,21,22). The van der Waals surface area contributed by atoms with Gasteiger partial charge in [0, 0.05) is 18.0 Å². The van der Waals surface area contributed by atoms with Gasteiger partial charge in [-0.1, -0.05) is 20.3 Å². The molecule has 23 heavy (non-hydrogen) atoms. The van der Waals surface area contributed by atoms with E-state index in [1.807, 2.05) is 13.8 Å². The molecule has 1 aliphatic carbocycles. The number of rotatable bonds is 3. The first kappa shape index (κ1) is 16.5. The van der Waals surface area contributed by atoms with Crippen molar-refractivity contribution in [2.45, 2.75) is 52.4 Å². The minimum atomic E-state index is -0.788. The second kappa shape index (κ2) is 6.27. The fourth-order valence-electron chi connectivity index (χ4n) is 3.83. The second-order valence-electron chi connectivity index (χ2n) is 7.21. The molecule has 0 saturated carbocycles. The van der Waals surface area contributed by atoms with Gasteiger partial charge in [0.25, 0.3) is 5.91 Å². The number of carboxylic acids is 1. The number of aliphatic carboxylic acids is 1. The molecule has 126 valence electrons. The summed E-state index contributed by atoms with van der Waals surface area (Å²) in [6, 6.07) is 2.06. The summed E-state index contributed by atoms with van der Waals surface area (Å²) >= 11 is 1.62. The number of nitrogens with zero attached hydrogens (tertiary/aromatic N) is 1. The van der Waals surface area contributed by atoms with Crippen molar-refractivity contribution in [1.29, 1.82) is 0 Å². The molecule has 0 radical (unpaired) electrons. The molecule has 3 rings (SSSR count). The topological polar surface area (TPSA) is 57.6 Å². The molecule has 1 unspecified atom stereocenters. The van der Waals surface area contributed by atoms with Crippen molar-refractivity contribution in [3.05, 3.63) is 21.4 Å². The maximum Gasteiger partial charge on any atom is 0.311 e. The van der Waals surface area contributed by atoms with Gasteiger partial charge in [-0.05, 0) is 49.7 Å². The van der Waals surface area contributed by atoms with Gasteiger partial charge in [-0.2, -0.15) is 0 Å². The molecule has 1 saturated heterocycles. The molecule has 0 spiro atoms. The molecule has 1 atom stereocenters. The van der Waals surface area contributed by atoms with Crippen LogP contribution in [0.5, 0.6) is 0 Å². The summed E-state index contributed by atoms with van der Waals surface area (Å²) in [5.74, 6) is -0.727. The molecule has 2 aliphatic rings. The second-order valence-corrected chi connectivity index (χ2v) is 8.35. The van der Waals surface area contributed by atoms with Crippen molar-refractivity contribution in [3.63, 3.8) is 0 Å². The van der Waals surface area contributed by atoms with E-state index in [1.54, 1.807) is 16.2 Å². The molecule has 4 nitrogen and oxygen atoms in total. The Kier molecular flexibility index (Phi) is 4.50. The highest BCUT2D eigenvalue weighted by Gasteiger charge is 2.48. The van der Waals surface area contributed by atoms with Gasteiger partial charge in [0.1, 0.15) is 0 Å². The third-order valence-corrected chi connectivity index (χ3v) is 6.80. The van der Waals surface area contributed by atoms with E-state index >= 15 is 0 Å². The smallest absolute Gasteiger partial charge is 0.311 e. The number of fused-ring (bicyclic) bond motifs is 1. The monoisotopic (exact) mass is 335 g/mol. The van der Waals surface area contributed by atoms with Crippen molar-refractivity contribution < 1.29 is 14.7 Å². The average Bonchev–Trinajstić information content (AvgIpc) is 3.07. The third kappa shape index (κ3) is 2.91. The summed E-state index contributed by atoms with van der Waals surface area (Å²) in [6.45, 7) is 4.76. The summed E-state index contributed by atoms with van der Waals surface area (Å²) in [5.41, 5.74) is 0.549. The molecule has 1 fully saturated rings. The Morgan fingerprint density at radius 1 is 1.26 bits per heavy atom. The van der Waals surface area contributed by atoms with Crippen LogP contribution in [-0.4, -0.2) is 35.0 Å². The van der Waals surface area contributed by atoms with Gasteiger partial charge < -0.3 is 10.0 Å². The van der Waals surface area contributed by atoms with Crippen LogP contribution in [0.15, 0.2) is 6.07 Å². The first-order chi connectivity index (χ1) is 10.9. The van der Waals surface area contributed by atoms with E-state index in [2.05, 4.69) is 6.07 Å². The zero-order chi connectivity index (χ0) is 16.6. The summed E-state index contributed by atoms with van der Waals surface area (Å²) in [5, 5.41) is 9.63. The van der Waals surface area contributed by atoms with Crippen LogP contribution in [0.4, 0.5) is 0 Å². The number of carbonyl (C=O) groups is 2. The molecule has 0 bridgehead atoms. The first-order valence-electron chi connectivity index (χ1n) is 8.58. The van der Waals surface area contributed by atoms with E-state index in [4.69, 9.17) is 0 Å². The van der Waals surface area contributed by atoms with Crippen molar-refractivity contribution in [2.24, 2.45) is 11.3 Å². The van der Waals surface area contributed by atoms with Gasteiger partial charge in [-0.25, -0.2) is 0 Å². The van der Waals surface area contributed by atoms with Gasteiger partial charge in [0.2, 0.25) is 0 Å². The van der Waals surface area contributed by atoms with Crippen LogP contribution in [0, 0.1) is 11.3 Å². The van der Waals surface area contributed by atoms with Crippen LogP contribution in [-0.2, 0) is 17.6 Å². The molecule has 0 aromatic carbocycles. The van der Waals surface area contributed by atoms with Gasteiger partial charge in [0.15, 0.2) is 0 Å². The van der Waals surface area contributed by atoms with Crippen molar-refractivity contribution in [3.8, 4) is 0 Å². The SMILES string of the molecule is CC(C)C1(C(=O)O)CCN(C(=O)c2cc3c(s2)CCCCC3)C1. The Balaban J connectivity index is 1.78. The zero-order valence-corrected chi connectivity index (χ0v) is 14.7. The predicted octanol–water partition coefficient (Wildman–Crippen LogP) is 3.59. The van der Waals surface area contributed by atoms with Crippen LogP contribution in [0.3, 0.4) is 0 Å². The quantitative estimate of drug-likeness (QED) is 0.859. The number of carbonyl (C=O) groups excluding carboxylic acids is 1. The number of aryl methyl sites for hydroxylation is 2. The fourth-order valence-corrected chi connectivity index (χ4v) is 5.05. The lowest BCUT2D eigenvalue weighted by Gasteiger charge is -2.28. The number of hydrogen-bond acceptors (Lipinski definition) is 3. The summed E-state index contributed by atoms with van der Waals surface area (Å²) in [7, 11) is 0. The molecule has 1 aromatic rings. The van der Waals surface area contributed by atoms with Gasteiger partial charge in [-0.15, -0.1) is 11.3 Å². The van der Waals surface area contributed by atoms with E-state index in [0.29, 0.717) is 19.5 Å². The average molecular weight is 335 g/mol. The molecule has 5 heteroatoms. The van der Waals surface area contributed by atoms with Crippen molar-refractivity contribution >= 4 is 23.2 Å². The Bertz CT molecular complexity index is 598. The highest BCUT2D eigenvalue weighted by atomic mass is 32.1. The van der Waals surface area contributed by atoms with Crippen LogP contribution >= 0.6 is 11.3 Å². The van der Waals surface area contributed by atoms with Gasteiger partial charge in [-0.3, -0.25) is 9.59 Å². The number of hydrogen-bond donors (Lipinski definition) is 1. The molecular weight excluding hydrogens is 310 g/mol. The van der Waals surface area contributed by atoms with E-state index in [-0.39, 0.29) is 11.8 Å². The van der Waals surface area contributed by atoms with Crippen LogP contribution in [0.1, 0.15) is 59.6 Å². The third-order valence-electron chi connectivity index (χ3n) is 5.58. The minimum Gasteiger partial charge on any atom is -0.481 e. The van der Waals surface area contributed by atoms with E-state index in [0.717, 1.165) is 17.7 Å². The number of likely N-dealkylation sites (tertiary alicyclic amines) is 1. The van der Waals surface area contributed by atoms with E-state index < -0.39 is 11.4 Å². The number of carboxylic acid groups (broad SMARTS) is 1. The van der Waals surface area contributed by atoms with E-state index in [9.17, 15) is 14.7 Å². The lowest BCUT2D eigenvalue weighted by Crippen LogP contribution is -2.40. The van der Waals surface area contributed by atoms with Gasteiger partial charge in [0.05, 0.1) is 10.3 Å². The lowest BCUT2D eigenvalue weighted by atomic mass is 9.76. The van der Waals surface area contributed by atoms with Crippen LogP contribution < -0.4 is 0 Å². The molecule has 1 N–H and O–H groups in total. The lowest BCUT2D eigenvalue weighted by molar-refractivity contribution is -0.150. The Hall–Kier alpha value is -1.36. The zero-order valence-electron chi connectivity index (χ0n) is 13.9. The Labute approximate surface area is 141 Å². The van der Waals surface area contributed by atoms with Crippen LogP contribution in [0.25, 0.3) is 0 Å². The predicted molar refractivity (Wildman–Crippen MR) is 91.0 cm³/mol. The number of thiophene rings is 1. The van der Waals surface area contributed by atoms with E-state index in [1.165, 1.54) is 29.7 Å². The molecule has 1 aromatic heterocycles. The maximum absolute atomic E-state index is 12.8. The molecular formula is C18H25NO3S. The molecule has 1 amide bonds. The molecule has 2 heterocycles. The molecule has 1 aliphatic heterocycles. The summed E-state index contributed by atoms with van der Waals surface area (Å²) in [4.78, 5) is 28.5. The highest BCUT2D eigenvalue weighted by Crippen LogP contribution is 2.39. The fraction of sp³-hybridized carbons (Fsp3) is 0.667. The number of amides is 1. The summed E-state index contributed by atoms with van der Waals surface area (Å²) < 4.78 is 0. The first-order valence-corrected chi connectivity index (χ1v) is 9.40. The van der Waals surface area contributed by atoms with Crippen molar-refractivity contribution in [1.82, 2.24) is 4.90 Å². The van der Waals surface area contributed by atoms with Crippen LogP contribution in [0.2, 0.25) is 0 Å². The Morgan fingerprint density at radius 3 is 2.65 bits per heavy atom. The normalized spacial score (nSPS) is 24.6. The Morgan fingerprint density at radius 2 is 2.00 bits per heavy atom. The largest absolute Gasteiger partial charge is 0.481 e. The van der Waals surface area contributed by atoms with Gasteiger partial charge >= 0.3 is 5.97 Å². The maximum atomic E-state index is 12.8. The highest BCUT2D eigenvalue weighted by molar-refractivity contribution is 7.14. The minimum absolute atomic E-state index is 0.0202. The summed E-state index contributed by atoms with van der Waals surface area (Å²) in [6.07, 6.45) is 6.39. The van der Waals surface area contributed by atoms with Crippen molar-refractivity contribution in [2.75, 3.05) is 13.1 Å².